The van der Waals surface area contributed by atoms with Crippen molar-refractivity contribution in [1.82, 2.24) is 9.80 Å². The van der Waals surface area contributed by atoms with Gasteiger partial charge in [-0.1, -0.05) is 29.8 Å². The lowest BCUT2D eigenvalue weighted by atomic mass is 9.88. The first-order valence-corrected chi connectivity index (χ1v) is 9.43. The first-order valence-electron chi connectivity index (χ1n) is 9.43. The molecule has 1 fully saturated rings. The Kier molecular flexibility index (Phi) is 4.71. The summed E-state index contributed by atoms with van der Waals surface area (Å²) in [5.41, 5.74) is 4.18. The van der Waals surface area contributed by atoms with Crippen molar-refractivity contribution < 1.29 is 19.1 Å². The Morgan fingerprint density at radius 3 is 2.39 bits per heavy atom. The highest BCUT2D eigenvalue weighted by atomic mass is 16.5. The molecule has 3 amide bonds. The molecule has 0 N–H and O–H groups in total. The Labute approximate surface area is 164 Å². The predicted molar refractivity (Wildman–Crippen MR) is 104 cm³/mol. The average molecular weight is 380 g/mol. The lowest BCUT2D eigenvalue weighted by molar-refractivity contribution is -0.133. The fourth-order valence-electron chi connectivity index (χ4n) is 4.05. The van der Waals surface area contributed by atoms with Gasteiger partial charge in [0.25, 0.3) is 0 Å². The standard InChI is InChI=1S/C22H24N2O4/c1-14-4-6-15(7-5-14)13-24-21(25)12-18-17-11-20(28-3)19(27-2)10-16(17)8-9-23(18)22(24)26/h4-7,10-11,18H,8-9,12-13H2,1-3H3. The van der Waals surface area contributed by atoms with Gasteiger partial charge >= 0.3 is 6.03 Å². The summed E-state index contributed by atoms with van der Waals surface area (Å²) < 4.78 is 10.8. The van der Waals surface area contributed by atoms with Crippen LogP contribution in [0.2, 0.25) is 0 Å². The predicted octanol–water partition coefficient (Wildman–Crippen LogP) is 3.46. The molecule has 0 spiro atoms. The average Bonchev–Trinajstić information content (AvgIpc) is 2.71. The molecule has 0 aromatic heterocycles. The van der Waals surface area contributed by atoms with Crippen molar-refractivity contribution in [3.63, 3.8) is 0 Å². The Balaban J connectivity index is 1.62. The van der Waals surface area contributed by atoms with Gasteiger partial charge < -0.3 is 14.4 Å². The molecule has 2 aromatic carbocycles. The molecule has 1 atom stereocenters. The molecule has 6 nitrogen and oxygen atoms in total. The molecule has 0 aliphatic carbocycles. The largest absolute Gasteiger partial charge is 0.493 e. The molecule has 0 saturated carbocycles. The van der Waals surface area contributed by atoms with Crippen LogP contribution in [-0.2, 0) is 17.8 Å². The maximum absolute atomic E-state index is 13.1. The Hall–Kier alpha value is -3.02. The number of imide groups is 1. The van der Waals surface area contributed by atoms with Gasteiger partial charge in [0.05, 0.1) is 33.2 Å². The number of carbonyl (C=O) groups excluding carboxylic acids is 2. The second-order valence-corrected chi connectivity index (χ2v) is 7.32. The van der Waals surface area contributed by atoms with Gasteiger partial charge in [0, 0.05) is 6.54 Å². The van der Waals surface area contributed by atoms with E-state index >= 15 is 0 Å². The van der Waals surface area contributed by atoms with E-state index in [0.29, 0.717) is 24.6 Å². The van der Waals surface area contributed by atoms with Crippen LogP contribution in [0.4, 0.5) is 4.79 Å². The first-order chi connectivity index (χ1) is 13.5. The normalized spacial score (nSPS) is 18.6. The van der Waals surface area contributed by atoms with Crippen molar-refractivity contribution in [1.29, 1.82) is 0 Å². The summed E-state index contributed by atoms with van der Waals surface area (Å²) in [6.07, 6.45) is 1.00. The maximum Gasteiger partial charge on any atom is 0.327 e. The molecule has 6 heteroatoms. The van der Waals surface area contributed by atoms with E-state index in [0.717, 1.165) is 28.7 Å². The number of amides is 3. The van der Waals surface area contributed by atoms with E-state index < -0.39 is 0 Å². The van der Waals surface area contributed by atoms with E-state index in [4.69, 9.17) is 9.47 Å². The van der Waals surface area contributed by atoms with E-state index in [2.05, 4.69) is 0 Å². The molecule has 0 bridgehead atoms. The van der Waals surface area contributed by atoms with E-state index in [1.165, 1.54) is 4.90 Å². The molecular weight excluding hydrogens is 356 g/mol. The number of hydrogen-bond donors (Lipinski definition) is 0. The number of methoxy groups -OCH3 is 2. The van der Waals surface area contributed by atoms with Gasteiger partial charge in [0.2, 0.25) is 5.91 Å². The number of urea groups is 1. The van der Waals surface area contributed by atoms with Crippen LogP contribution in [0.3, 0.4) is 0 Å². The molecular formula is C22H24N2O4. The van der Waals surface area contributed by atoms with Crippen molar-refractivity contribution >= 4 is 11.9 Å². The lowest BCUT2D eigenvalue weighted by Crippen LogP contribution is -2.55. The second-order valence-electron chi connectivity index (χ2n) is 7.32. The third-order valence-electron chi connectivity index (χ3n) is 5.61. The van der Waals surface area contributed by atoms with Crippen LogP contribution in [0.1, 0.15) is 34.7 Å². The molecule has 1 unspecified atom stereocenters. The lowest BCUT2D eigenvalue weighted by Gasteiger charge is -2.43. The summed E-state index contributed by atoms with van der Waals surface area (Å²) in [6, 6.07) is 11.3. The first kappa shape index (κ1) is 18.3. The number of hydrogen-bond acceptors (Lipinski definition) is 4. The number of rotatable bonds is 4. The van der Waals surface area contributed by atoms with E-state index in [9.17, 15) is 9.59 Å². The van der Waals surface area contributed by atoms with Crippen LogP contribution in [0.15, 0.2) is 36.4 Å². The Bertz CT molecular complexity index is 923. The van der Waals surface area contributed by atoms with Crippen LogP contribution in [0.5, 0.6) is 11.5 Å². The minimum atomic E-state index is -0.252. The van der Waals surface area contributed by atoms with Crippen molar-refractivity contribution in [2.45, 2.75) is 32.4 Å². The zero-order chi connectivity index (χ0) is 19.8. The van der Waals surface area contributed by atoms with Crippen LogP contribution in [-0.4, -0.2) is 42.5 Å². The monoisotopic (exact) mass is 380 g/mol. The SMILES string of the molecule is COc1cc2c(cc1OC)C1CC(=O)N(Cc3ccc(C)cc3)C(=O)N1CC2. The number of fused-ring (bicyclic) bond motifs is 3. The number of aryl methyl sites for hydroxylation is 1. The topological polar surface area (TPSA) is 59.1 Å². The summed E-state index contributed by atoms with van der Waals surface area (Å²) in [5, 5.41) is 0. The Morgan fingerprint density at radius 1 is 1.04 bits per heavy atom. The quantitative estimate of drug-likeness (QED) is 0.815. The van der Waals surface area contributed by atoms with Crippen molar-refractivity contribution in [2.75, 3.05) is 20.8 Å². The highest BCUT2D eigenvalue weighted by Gasteiger charge is 2.42. The van der Waals surface area contributed by atoms with Crippen molar-refractivity contribution in [2.24, 2.45) is 0 Å². The van der Waals surface area contributed by atoms with Crippen LogP contribution in [0, 0.1) is 6.92 Å². The van der Waals surface area contributed by atoms with Crippen molar-refractivity contribution in [3.8, 4) is 11.5 Å². The Morgan fingerprint density at radius 2 is 1.71 bits per heavy atom. The maximum atomic E-state index is 13.1. The van der Waals surface area contributed by atoms with E-state index in [1.807, 2.05) is 48.2 Å². The second kappa shape index (κ2) is 7.19. The molecule has 2 aliphatic heterocycles. The third kappa shape index (κ3) is 3.09. The molecule has 4 rings (SSSR count). The summed E-state index contributed by atoms with van der Waals surface area (Å²) in [4.78, 5) is 29.1. The van der Waals surface area contributed by atoms with Crippen LogP contribution < -0.4 is 9.47 Å². The highest BCUT2D eigenvalue weighted by Crippen LogP contribution is 2.41. The summed E-state index contributed by atoms with van der Waals surface area (Å²) >= 11 is 0. The number of nitrogens with zero attached hydrogens (tertiary/aromatic N) is 2. The molecule has 0 radical (unpaired) electrons. The zero-order valence-electron chi connectivity index (χ0n) is 16.4. The molecule has 28 heavy (non-hydrogen) atoms. The zero-order valence-corrected chi connectivity index (χ0v) is 16.4. The molecule has 146 valence electrons. The molecule has 2 aliphatic rings. The molecule has 2 heterocycles. The van der Waals surface area contributed by atoms with Gasteiger partial charge in [-0.25, -0.2) is 4.79 Å². The number of benzene rings is 2. The third-order valence-corrected chi connectivity index (χ3v) is 5.61. The number of ether oxygens (including phenoxy) is 2. The van der Waals surface area contributed by atoms with Crippen molar-refractivity contribution in [3.05, 3.63) is 58.7 Å². The molecule has 1 saturated heterocycles. The van der Waals surface area contributed by atoms with Gasteiger partial charge in [-0.05, 0) is 42.2 Å². The summed E-state index contributed by atoms with van der Waals surface area (Å²) in [5.74, 6) is 1.14. The fraction of sp³-hybridized carbons (Fsp3) is 0.364. The van der Waals surface area contributed by atoms with Gasteiger partial charge in [-0.15, -0.1) is 0 Å². The van der Waals surface area contributed by atoms with E-state index in [1.54, 1.807) is 14.2 Å². The fourth-order valence-corrected chi connectivity index (χ4v) is 4.05. The van der Waals surface area contributed by atoms with Crippen LogP contribution >= 0.6 is 0 Å². The minimum absolute atomic E-state index is 0.144. The van der Waals surface area contributed by atoms with Gasteiger partial charge in [0.15, 0.2) is 11.5 Å². The summed E-state index contributed by atoms with van der Waals surface area (Å²) in [7, 11) is 3.20. The van der Waals surface area contributed by atoms with Gasteiger partial charge in [-0.2, -0.15) is 0 Å². The summed E-state index contributed by atoms with van der Waals surface area (Å²) in [6.45, 7) is 2.91. The smallest absolute Gasteiger partial charge is 0.327 e. The highest BCUT2D eigenvalue weighted by molar-refractivity contribution is 5.97. The molecule has 2 aromatic rings. The van der Waals surface area contributed by atoms with Crippen LogP contribution in [0.25, 0.3) is 0 Å². The van der Waals surface area contributed by atoms with E-state index in [-0.39, 0.29) is 24.4 Å². The minimum Gasteiger partial charge on any atom is -0.493 e. The number of carbonyl (C=O) groups is 2. The van der Waals surface area contributed by atoms with Gasteiger partial charge in [0.1, 0.15) is 0 Å². The van der Waals surface area contributed by atoms with Gasteiger partial charge in [-0.3, -0.25) is 9.69 Å².